The van der Waals surface area contributed by atoms with E-state index in [-0.39, 0.29) is 13.2 Å². The second-order valence-corrected chi connectivity index (χ2v) is 6.81. The normalized spacial score (nSPS) is 11.3. The molecular formula is C16H18NO4P. The highest BCUT2D eigenvalue weighted by Crippen LogP contribution is 2.49. The Kier molecular flexibility index (Phi) is 5.90. The second kappa shape index (κ2) is 7.90. The molecule has 22 heavy (non-hydrogen) atoms. The molecule has 2 aromatic rings. The first-order chi connectivity index (χ1) is 10.6. The molecule has 0 aromatic heterocycles. The fraction of sp³-hybridized carbons (Fsp3) is 0.188. The van der Waals surface area contributed by atoms with Crippen molar-refractivity contribution in [3.63, 3.8) is 0 Å². The van der Waals surface area contributed by atoms with Gasteiger partial charge in [-0.2, -0.15) is 0 Å². The molecule has 2 N–H and O–H groups in total. The van der Waals surface area contributed by atoms with Crippen LogP contribution in [0.2, 0.25) is 0 Å². The lowest BCUT2D eigenvalue weighted by molar-refractivity contribution is -0.115. The summed E-state index contributed by atoms with van der Waals surface area (Å²) in [4.78, 5) is 11.1. The number of hydrogen-bond donors (Lipinski definition) is 1. The van der Waals surface area contributed by atoms with E-state index in [2.05, 4.69) is 0 Å². The van der Waals surface area contributed by atoms with E-state index in [0.29, 0.717) is 0 Å². The van der Waals surface area contributed by atoms with Crippen LogP contribution in [0.25, 0.3) is 0 Å². The van der Waals surface area contributed by atoms with Gasteiger partial charge in [-0.1, -0.05) is 60.7 Å². The number of nitrogens with two attached hydrogens (primary N) is 1. The van der Waals surface area contributed by atoms with Crippen LogP contribution in [-0.4, -0.2) is 12.1 Å². The van der Waals surface area contributed by atoms with Gasteiger partial charge in [-0.25, -0.2) is 0 Å². The molecular weight excluding hydrogens is 301 g/mol. The van der Waals surface area contributed by atoms with E-state index in [1.165, 1.54) is 0 Å². The molecule has 116 valence electrons. The van der Waals surface area contributed by atoms with Gasteiger partial charge >= 0.3 is 7.60 Å². The fourth-order valence-corrected chi connectivity index (χ4v) is 3.14. The molecule has 0 atom stereocenters. The average Bonchev–Trinajstić information content (AvgIpc) is 2.53. The lowest BCUT2D eigenvalue weighted by Crippen LogP contribution is -2.18. The highest BCUT2D eigenvalue weighted by molar-refractivity contribution is 7.54. The van der Waals surface area contributed by atoms with Gasteiger partial charge < -0.3 is 14.8 Å². The van der Waals surface area contributed by atoms with Crippen LogP contribution < -0.4 is 5.73 Å². The topological polar surface area (TPSA) is 78.6 Å². The molecule has 0 saturated carbocycles. The SMILES string of the molecule is NC(=O)CP(=O)(OCc1ccccc1)OCc1ccccc1. The van der Waals surface area contributed by atoms with Crippen molar-refractivity contribution in [3.05, 3.63) is 71.8 Å². The summed E-state index contributed by atoms with van der Waals surface area (Å²) < 4.78 is 23.4. The number of hydrogen-bond acceptors (Lipinski definition) is 4. The molecule has 0 heterocycles. The van der Waals surface area contributed by atoms with Gasteiger partial charge in [0.1, 0.15) is 6.16 Å². The number of primary amides is 1. The van der Waals surface area contributed by atoms with E-state index in [1.807, 2.05) is 60.7 Å². The van der Waals surface area contributed by atoms with Gasteiger partial charge in [-0.3, -0.25) is 9.36 Å². The highest BCUT2D eigenvalue weighted by Gasteiger charge is 2.27. The summed E-state index contributed by atoms with van der Waals surface area (Å²) in [6.45, 7) is 0.195. The van der Waals surface area contributed by atoms with Gasteiger partial charge in [0.15, 0.2) is 0 Å². The van der Waals surface area contributed by atoms with Gasteiger partial charge in [0.05, 0.1) is 13.2 Å². The van der Waals surface area contributed by atoms with Crippen molar-refractivity contribution in [1.82, 2.24) is 0 Å². The summed E-state index contributed by atoms with van der Waals surface area (Å²) in [7, 11) is -3.58. The molecule has 0 fully saturated rings. The lowest BCUT2D eigenvalue weighted by atomic mass is 10.2. The molecule has 6 heteroatoms. The number of rotatable bonds is 8. The van der Waals surface area contributed by atoms with Crippen LogP contribution in [0.15, 0.2) is 60.7 Å². The largest absolute Gasteiger partial charge is 0.369 e. The van der Waals surface area contributed by atoms with Crippen LogP contribution >= 0.6 is 7.60 Å². The van der Waals surface area contributed by atoms with Gasteiger partial charge in [-0.05, 0) is 11.1 Å². The van der Waals surface area contributed by atoms with Crippen molar-refractivity contribution in [3.8, 4) is 0 Å². The first-order valence-electron chi connectivity index (χ1n) is 6.82. The Bertz CT molecular complexity index is 598. The van der Waals surface area contributed by atoms with Crippen molar-refractivity contribution >= 4 is 13.5 Å². The third-order valence-electron chi connectivity index (χ3n) is 2.89. The third-order valence-corrected chi connectivity index (χ3v) is 4.63. The fourth-order valence-electron chi connectivity index (χ4n) is 1.81. The minimum atomic E-state index is -3.58. The predicted octanol–water partition coefficient (Wildman–Crippen LogP) is 3.10. The summed E-state index contributed by atoms with van der Waals surface area (Å²) in [5.74, 6) is -0.718. The molecule has 0 bridgehead atoms. The molecule has 0 aliphatic heterocycles. The molecule has 2 aromatic carbocycles. The average molecular weight is 319 g/mol. The lowest BCUT2D eigenvalue weighted by Gasteiger charge is -2.17. The summed E-state index contributed by atoms with van der Waals surface area (Å²) in [5, 5.41) is 0. The van der Waals surface area contributed by atoms with E-state index in [1.54, 1.807) is 0 Å². The zero-order valence-electron chi connectivity index (χ0n) is 12.1. The monoisotopic (exact) mass is 319 g/mol. The van der Waals surface area contributed by atoms with Crippen LogP contribution in [0, 0.1) is 0 Å². The third kappa shape index (κ3) is 5.45. The number of benzene rings is 2. The first kappa shape index (κ1) is 16.4. The summed E-state index contributed by atoms with van der Waals surface area (Å²) in [5.41, 5.74) is 6.83. The van der Waals surface area contributed by atoms with Crippen molar-refractivity contribution in [2.75, 3.05) is 6.16 Å². The molecule has 5 nitrogen and oxygen atoms in total. The minimum Gasteiger partial charge on any atom is -0.369 e. The molecule has 0 unspecified atom stereocenters. The molecule has 0 spiro atoms. The Morgan fingerprint density at radius 1 is 0.864 bits per heavy atom. The predicted molar refractivity (Wildman–Crippen MR) is 84.1 cm³/mol. The Morgan fingerprint density at radius 3 is 1.64 bits per heavy atom. The smallest absolute Gasteiger partial charge is 0.340 e. The Balaban J connectivity index is 2.00. The second-order valence-electron chi connectivity index (χ2n) is 4.75. The Labute approximate surface area is 129 Å². The summed E-state index contributed by atoms with van der Waals surface area (Å²) in [6.07, 6.45) is -0.438. The van der Waals surface area contributed by atoms with Gasteiger partial charge in [0.2, 0.25) is 5.91 Å². The zero-order chi connectivity index (χ0) is 15.8. The highest BCUT2D eigenvalue weighted by atomic mass is 31.2. The van der Waals surface area contributed by atoms with Crippen molar-refractivity contribution in [2.24, 2.45) is 5.73 Å². The summed E-state index contributed by atoms with van der Waals surface area (Å²) >= 11 is 0. The quantitative estimate of drug-likeness (QED) is 0.758. The van der Waals surface area contributed by atoms with Crippen molar-refractivity contribution < 1.29 is 18.4 Å². The van der Waals surface area contributed by atoms with Crippen LogP contribution in [0.4, 0.5) is 0 Å². The van der Waals surface area contributed by atoms with E-state index >= 15 is 0 Å². The van der Waals surface area contributed by atoms with Crippen molar-refractivity contribution in [2.45, 2.75) is 13.2 Å². The number of carbonyl (C=O) groups excluding carboxylic acids is 1. The van der Waals surface area contributed by atoms with Crippen molar-refractivity contribution in [1.29, 1.82) is 0 Å². The zero-order valence-corrected chi connectivity index (χ0v) is 12.9. The van der Waals surface area contributed by atoms with Crippen LogP contribution in [0.3, 0.4) is 0 Å². The van der Waals surface area contributed by atoms with Crippen LogP contribution in [0.1, 0.15) is 11.1 Å². The maximum Gasteiger partial charge on any atom is 0.340 e. The molecule has 0 aliphatic rings. The van der Waals surface area contributed by atoms with Crippen LogP contribution in [0.5, 0.6) is 0 Å². The van der Waals surface area contributed by atoms with Gasteiger partial charge in [0, 0.05) is 0 Å². The van der Waals surface area contributed by atoms with E-state index < -0.39 is 19.7 Å². The summed E-state index contributed by atoms with van der Waals surface area (Å²) in [6, 6.07) is 18.5. The van der Waals surface area contributed by atoms with Gasteiger partial charge in [-0.15, -0.1) is 0 Å². The Morgan fingerprint density at radius 2 is 1.27 bits per heavy atom. The maximum absolute atomic E-state index is 12.6. The molecule has 2 rings (SSSR count). The molecule has 0 aliphatic carbocycles. The molecule has 0 saturated heterocycles. The van der Waals surface area contributed by atoms with E-state index in [0.717, 1.165) is 11.1 Å². The Hall–Kier alpha value is -1.94. The standard InChI is InChI=1S/C16H18NO4P/c17-16(18)13-22(19,20-11-14-7-3-1-4-8-14)21-12-15-9-5-2-6-10-15/h1-10H,11-13H2,(H2,17,18). The molecule has 1 amide bonds. The minimum absolute atomic E-state index is 0.0974. The number of carbonyl (C=O) groups is 1. The van der Waals surface area contributed by atoms with Gasteiger partial charge in [0.25, 0.3) is 0 Å². The number of amides is 1. The van der Waals surface area contributed by atoms with E-state index in [9.17, 15) is 9.36 Å². The van der Waals surface area contributed by atoms with E-state index in [4.69, 9.17) is 14.8 Å². The molecule has 0 radical (unpaired) electrons. The van der Waals surface area contributed by atoms with Crippen LogP contribution in [-0.2, 0) is 31.6 Å². The first-order valence-corrected chi connectivity index (χ1v) is 8.54. The maximum atomic E-state index is 12.6.